The van der Waals surface area contributed by atoms with Crippen LogP contribution in [0.1, 0.15) is 5.56 Å². The van der Waals surface area contributed by atoms with Crippen LogP contribution in [-0.4, -0.2) is 4.92 Å². The van der Waals surface area contributed by atoms with Crippen LogP contribution in [0.3, 0.4) is 0 Å². The molecule has 18 heavy (non-hydrogen) atoms. The fraction of sp³-hybridized carbons (Fsp3) is 0.0769. The van der Waals surface area contributed by atoms with Crippen molar-refractivity contribution < 1.29 is 14.1 Å². The zero-order valence-corrected chi connectivity index (χ0v) is 9.38. The van der Waals surface area contributed by atoms with Gasteiger partial charge in [0.25, 0.3) is 5.69 Å². The van der Waals surface area contributed by atoms with Crippen molar-refractivity contribution in [2.75, 3.05) is 0 Å². The molecule has 0 heterocycles. The normalized spacial score (nSPS) is 10.1. The first-order valence-corrected chi connectivity index (χ1v) is 5.27. The second kappa shape index (κ2) is 5.27. The van der Waals surface area contributed by atoms with Crippen LogP contribution in [0.5, 0.6) is 5.75 Å². The molecule has 0 radical (unpaired) electrons. The molecule has 0 aromatic heterocycles. The molecule has 0 amide bonds. The molecule has 2 aromatic carbocycles. The molecule has 0 aliphatic carbocycles. The third kappa shape index (κ3) is 2.82. The molecular formula is C13H10FNO3. The molecule has 2 aromatic rings. The topological polar surface area (TPSA) is 52.4 Å². The highest BCUT2D eigenvalue weighted by molar-refractivity contribution is 5.39. The van der Waals surface area contributed by atoms with Crippen LogP contribution in [-0.2, 0) is 6.61 Å². The minimum atomic E-state index is -0.468. The Morgan fingerprint density at radius 1 is 1.17 bits per heavy atom. The Morgan fingerprint density at radius 3 is 2.67 bits per heavy atom. The lowest BCUT2D eigenvalue weighted by molar-refractivity contribution is -0.385. The zero-order valence-electron chi connectivity index (χ0n) is 9.38. The van der Waals surface area contributed by atoms with Gasteiger partial charge in [0.1, 0.15) is 18.2 Å². The summed E-state index contributed by atoms with van der Waals surface area (Å²) in [6.07, 6.45) is 0. The van der Waals surface area contributed by atoms with Gasteiger partial charge >= 0.3 is 0 Å². The molecule has 0 saturated heterocycles. The second-order valence-electron chi connectivity index (χ2n) is 3.63. The lowest BCUT2D eigenvalue weighted by Gasteiger charge is -2.06. The van der Waals surface area contributed by atoms with E-state index in [1.165, 1.54) is 24.3 Å². The van der Waals surface area contributed by atoms with E-state index in [1.54, 1.807) is 24.3 Å². The average Bonchev–Trinajstić information content (AvgIpc) is 2.37. The van der Waals surface area contributed by atoms with Crippen LogP contribution in [0.25, 0.3) is 0 Å². The van der Waals surface area contributed by atoms with Gasteiger partial charge in [-0.15, -0.1) is 0 Å². The van der Waals surface area contributed by atoms with Gasteiger partial charge < -0.3 is 4.74 Å². The van der Waals surface area contributed by atoms with Gasteiger partial charge in [0.2, 0.25) is 0 Å². The lowest BCUT2D eigenvalue weighted by atomic mass is 10.2. The summed E-state index contributed by atoms with van der Waals surface area (Å²) >= 11 is 0. The fourth-order valence-corrected chi connectivity index (χ4v) is 1.53. The molecule has 0 unspecified atom stereocenters. The molecule has 4 nitrogen and oxygen atoms in total. The van der Waals surface area contributed by atoms with Crippen molar-refractivity contribution in [3.8, 4) is 5.75 Å². The Bertz CT molecular complexity index is 572. The van der Waals surface area contributed by atoms with Gasteiger partial charge in [0.05, 0.1) is 10.5 Å². The average molecular weight is 247 g/mol. The summed E-state index contributed by atoms with van der Waals surface area (Å²) in [5, 5.41) is 10.8. The number of rotatable bonds is 4. The Hall–Kier alpha value is -2.43. The molecule has 0 saturated carbocycles. The Kier molecular flexibility index (Phi) is 3.52. The number of hydrogen-bond donors (Lipinski definition) is 0. The summed E-state index contributed by atoms with van der Waals surface area (Å²) in [7, 11) is 0. The summed E-state index contributed by atoms with van der Waals surface area (Å²) in [5.41, 5.74) is 0.445. The minimum Gasteiger partial charge on any atom is -0.489 e. The third-order valence-corrected chi connectivity index (χ3v) is 2.38. The molecule has 0 bridgehead atoms. The number of benzene rings is 2. The van der Waals surface area contributed by atoms with Crippen molar-refractivity contribution in [2.45, 2.75) is 6.61 Å². The lowest BCUT2D eigenvalue weighted by Crippen LogP contribution is -2.00. The van der Waals surface area contributed by atoms with Crippen molar-refractivity contribution in [1.29, 1.82) is 0 Å². The van der Waals surface area contributed by atoms with Crippen molar-refractivity contribution in [1.82, 2.24) is 0 Å². The predicted molar refractivity (Wildman–Crippen MR) is 63.8 cm³/mol. The Morgan fingerprint density at radius 2 is 1.94 bits per heavy atom. The van der Waals surface area contributed by atoms with E-state index in [1.807, 2.05) is 0 Å². The summed E-state index contributed by atoms with van der Waals surface area (Å²) in [4.78, 5) is 10.3. The number of halogens is 1. The van der Waals surface area contributed by atoms with Gasteiger partial charge in [-0.2, -0.15) is 0 Å². The second-order valence-corrected chi connectivity index (χ2v) is 3.63. The molecule has 0 atom stereocenters. The molecular weight excluding hydrogens is 237 g/mol. The summed E-state index contributed by atoms with van der Waals surface area (Å²) in [6.45, 7) is 0.0284. The van der Waals surface area contributed by atoms with Crippen LogP contribution in [0.4, 0.5) is 10.1 Å². The maximum absolute atomic E-state index is 12.9. The van der Waals surface area contributed by atoms with Gasteiger partial charge in [-0.1, -0.05) is 18.2 Å². The van der Waals surface area contributed by atoms with E-state index in [2.05, 4.69) is 0 Å². The first-order valence-electron chi connectivity index (χ1n) is 5.27. The Balaban J connectivity index is 2.13. The van der Waals surface area contributed by atoms with Gasteiger partial charge in [0, 0.05) is 12.1 Å². The number of nitro groups is 1. The van der Waals surface area contributed by atoms with Gasteiger partial charge in [0.15, 0.2) is 0 Å². The van der Waals surface area contributed by atoms with Crippen LogP contribution >= 0.6 is 0 Å². The van der Waals surface area contributed by atoms with Crippen LogP contribution in [0.2, 0.25) is 0 Å². The number of ether oxygens (including phenoxy) is 1. The van der Waals surface area contributed by atoms with E-state index in [4.69, 9.17) is 4.74 Å². The SMILES string of the molecule is O=[N+]([O-])c1ccccc1COc1cccc(F)c1. The zero-order chi connectivity index (χ0) is 13.0. The number of hydrogen-bond acceptors (Lipinski definition) is 3. The summed E-state index contributed by atoms with van der Waals surface area (Å²) in [6, 6.07) is 11.9. The Labute approximate surface area is 103 Å². The highest BCUT2D eigenvalue weighted by atomic mass is 19.1. The van der Waals surface area contributed by atoms with E-state index in [0.29, 0.717) is 11.3 Å². The minimum absolute atomic E-state index is 0.00565. The van der Waals surface area contributed by atoms with E-state index in [0.717, 1.165) is 0 Å². The van der Waals surface area contributed by atoms with E-state index < -0.39 is 10.7 Å². The highest BCUT2D eigenvalue weighted by Crippen LogP contribution is 2.20. The van der Waals surface area contributed by atoms with Crippen LogP contribution in [0.15, 0.2) is 48.5 Å². The first kappa shape index (κ1) is 12.0. The maximum atomic E-state index is 12.9. The van der Waals surface area contributed by atoms with Crippen molar-refractivity contribution in [3.05, 3.63) is 70.0 Å². The monoisotopic (exact) mass is 247 g/mol. The smallest absolute Gasteiger partial charge is 0.276 e. The molecule has 0 aliphatic rings. The van der Waals surface area contributed by atoms with Gasteiger partial charge in [-0.25, -0.2) is 4.39 Å². The van der Waals surface area contributed by atoms with Crippen LogP contribution < -0.4 is 4.74 Å². The molecule has 2 rings (SSSR count). The molecule has 0 N–H and O–H groups in total. The quantitative estimate of drug-likeness (QED) is 0.615. The largest absolute Gasteiger partial charge is 0.489 e. The van der Waals surface area contributed by atoms with E-state index in [9.17, 15) is 14.5 Å². The highest BCUT2D eigenvalue weighted by Gasteiger charge is 2.12. The van der Waals surface area contributed by atoms with Crippen LogP contribution in [0, 0.1) is 15.9 Å². The molecule has 5 heteroatoms. The molecule has 0 fully saturated rings. The standard InChI is InChI=1S/C13H10FNO3/c14-11-5-3-6-12(8-11)18-9-10-4-1-2-7-13(10)15(16)17/h1-8H,9H2. The maximum Gasteiger partial charge on any atom is 0.276 e. The predicted octanol–water partition coefficient (Wildman–Crippen LogP) is 3.31. The third-order valence-electron chi connectivity index (χ3n) is 2.38. The van der Waals surface area contributed by atoms with Crippen molar-refractivity contribution >= 4 is 5.69 Å². The van der Waals surface area contributed by atoms with Crippen molar-refractivity contribution in [2.24, 2.45) is 0 Å². The molecule has 0 aliphatic heterocycles. The van der Waals surface area contributed by atoms with E-state index >= 15 is 0 Å². The number of para-hydroxylation sites is 1. The summed E-state index contributed by atoms with van der Waals surface area (Å²) < 4.78 is 18.2. The van der Waals surface area contributed by atoms with Gasteiger partial charge in [-0.05, 0) is 18.2 Å². The van der Waals surface area contributed by atoms with E-state index in [-0.39, 0.29) is 12.3 Å². The van der Waals surface area contributed by atoms with Gasteiger partial charge in [-0.3, -0.25) is 10.1 Å². The molecule has 0 spiro atoms. The fourth-order valence-electron chi connectivity index (χ4n) is 1.53. The first-order chi connectivity index (χ1) is 8.66. The van der Waals surface area contributed by atoms with Crippen molar-refractivity contribution in [3.63, 3.8) is 0 Å². The number of nitrogens with zero attached hydrogens (tertiary/aromatic N) is 1. The number of nitro benzene ring substituents is 1. The molecule has 92 valence electrons. The summed E-state index contributed by atoms with van der Waals surface area (Å²) in [5.74, 6) is -0.0665.